The maximum absolute atomic E-state index is 12.8. The van der Waals surface area contributed by atoms with E-state index in [4.69, 9.17) is 22.4 Å². The lowest BCUT2D eigenvalue weighted by Crippen LogP contribution is -2.41. The number of halogens is 1. The molecule has 188 valence electrons. The van der Waals surface area contributed by atoms with Crippen molar-refractivity contribution in [1.82, 2.24) is 24.8 Å². The number of allylic oxidation sites excluding steroid dienone is 1. The predicted octanol–water partition coefficient (Wildman–Crippen LogP) is 4.35. The zero-order chi connectivity index (χ0) is 25.3. The zero-order valence-corrected chi connectivity index (χ0v) is 21.6. The Morgan fingerprint density at radius 1 is 1.14 bits per heavy atom. The van der Waals surface area contributed by atoms with Crippen molar-refractivity contribution in [2.75, 3.05) is 13.1 Å². The van der Waals surface area contributed by atoms with Crippen LogP contribution in [0, 0.1) is 0 Å². The molecule has 36 heavy (non-hydrogen) atoms. The summed E-state index contributed by atoms with van der Waals surface area (Å²) >= 11 is 6.25. The van der Waals surface area contributed by atoms with E-state index in [1.807, 2.05) is 29.1 Å². The lowest BCUT2D eigenvalue weighted by Gasteiger charge is -2.40. The second kappa shape index (κ2) is 10.1. The highest BCUT2D eigenvalue weighted by Gasteiger charge is 2.37. The van der Waals surface area contributed by atoms with Crippen LogP contribution in [0.3, 0.4) is 0 Å². The van der Waals surface area contributed by atoms with Crippen molar-refractivity contribution in [3.8, 4) is 11.4 Å². The number of aryl methyl sites for hydroxylation is 1. The van der Waals surface area contributed by atoms with Crippen LogP contribution in [-0.2, 0) is 12.0 Å². The number of aromatic nitrogens is 5. The van der Waals surface area contributed by atoms with Crippen molar-refractivity contribution < 1.29 is 0 Å². The van der Waals surface area contributed by atoms with Gasteiger partial charge in [0.15, 0.2) is 0 Å². The van der Waals surface area contributed by atoms with E-state index < -0.39 is 0 Å². The summed E-state index contributed by atoms with van der Waals surface area (Å²) in [5.74, 6) is 0. The smallest absolute Gasteiger partial charge is 0.267 e. The summed E-state index contributed by atoms with van der Waals surface area (Å²) in [6, 6.07) is 11.3. The topological polar surface area (TPSA) is 104 Å². The molecule has 2 N–H and O–H groups in total. The molecule has 0 unspecified atom stereocenters. The third-order valence-corrected chi connectivity index (χ3v) is 8.04. The maximum atomic E-state index is 12.8. The minimum Gasteiger partial charge on any atom is -0.330 e. The highest BCUT2D eigenvalue weighted by Crippen LogP contribution is 2.42. The number of nitrogens with zero attached hydrogens (tertiary/aromatic N) is 6. The van der Waals surface area contributed by atoms with Gasteiger partial charge in [0, 0.05) is 35.3 Å². The molecule has 0 atom stereocenters. The molecule has 5 rings (SSSR count). The molecule has 3 heterocycles. The molecule has 1 aliphatic carbocycles. The van der Waals surface area contributed by atoms with Gasteiger partial charge < -0.3 is 5.73 Å². The van der Waals surface area contributed by atoms with Gasteiger partial charge in [0.1, 0.15) is 11.4 Å². The Bertz CT molecular complexity index is 1380. The van der Waals surface area contributed by atoms with Crippen LogP contribution in [0.4, 0.5) is 0 Å². The average Bonchev–Trinajstić information content (AvgIpc) is 3.49. The fourth-order valence-electron chi connectivity index (χ4n) is 5.53. The van der Waals surface area contributed by atoms with Gasteiger partial charge in [0.05, 0.1) is 18.8 Å². The van der Waals surface area contributed by atoms with Gasteiger partial charge >= 0.3 is 0 Å². The van der Waals surface area contributed by atoms with Crippen molar-refractivity contribution >= 4 is 17.3 Å². The average molecular weight is 506 g/mol. The fraction of sp³-hybridized carbons (Fsp3) is 0.444. The van der Waals surface area contributed by atoms with E-state index in [1.165, 1.54) is 16.7 Å². The highest BCUT2D eigenvalue weighted by molar-refractivity contribution is 6.30. The van der Waals surface area contributed by atoms with Crippen LogP contribution in [-0.4, -0.2) is 43.6 Å². The van der Waals surface area contributed by atoms with E-state index >= 15 is 0 Å². The van der Waals surface area contributed by atoms with Gasteiger partial charge in [-0.2, -0.15) is 5.10 Å². The van der Waals surface area contributed by atoms with Crippen LogP contribution in [0.25, 0.3) is 11.4 Å². The molecule has 0 spiro atoms. The van der Waals surface area contributed by atoms with Gasteiger partial charge in [0.25, 0.3) is 5.56 Å². The number of hydrogen-bond acceptors (Lipinski definition) is 6. The summed E-state index contributed by atoms with van der Waals surface area (Å²) in [5.41, 5.74) is 12.3. The molecule has 0 radical (unpaired) electrons. The van der Waals surface area contributed by atoms with Gasteiger partial charge in [-0.3, -0.25) is 14.5 Å². The Kier molecular flexibility index (Phi) is 6.90. The molecule has 2 aromatic heterocycles. The summed E-state index contributed by atoms with van der Waals surface area (Å²) in [6.45, 7) is 6.26. The van der Waals surface area contributed by atoms with Crippen molar-refractivity contribution in [3.05, 3.63) is 74.7 Å². The minimum absolute atomic E-state index is 0.0193. The maximum Gasteiger partial charge on any atom is 0.267 e. The quantitative estimate of drug-likeness (QED) is 0.514. The molecule has 8 nitrogen and oxygen atoms in total. The third-order valence-electron chi connectivity index (χ3n) is 7.81. The molecule has 0 amide bonds. The monoisotopic (exact) mass is 505 g/mol. The van der Waals surface area contributed by atoms with Crippen LogP contribution in [0.15, 0.2) is 63.5 Å². The number of benzene rings is 1. The first-order valence-corrected chi connectivity index (χ1v) is 12.9. The van der Waals surface area contributed by atoms with Crippen molar-refractivity contribution in [3.63, 3.8) is 0 Å². The SMILES string of the molecule is CC1=NCC(C)=C1CCn1cc(-c2ccc(=O)n(C3CCC(CN)(c4cccc(Cl)c4)CC3)n2)nn1. The number of nitrogens with two attached hydrogens (primary N) is 1. The Hall–Kier alpha value is -3.10. The molecule has 1 saturated carbocycles. The van der Waals surface area contributed by atoms with Gasteiger partial charge in [-0.25, -0.2) is 4.68 Å². The Morgan fingerprint density at radius 3 is 2.64 bits per heavy atom. The van der Waals surface area contributed by atoms with Crippen LogP contribution < -0.4 is 11.3 Å². The Morgan fingerprint density at radius 2 is 1.94 bits per heavy atom. The second-order valence-corrected chi connectivity index (χ2v) is 10.4. The van der Waals surface area contributed by atoms with E-state index in [0.717, 1.165) is 55.9 Å². The zero-order valence-electron chi connectivity index (χ0n) is 20.8. The van der Waals surface area contributed by atoms with E-state index in [-0.39, 0.29) is 17.0 Å². The third kappa shape index (κ3) is 4.80. The standard InChI is InChI=1S/C27H32ClN7O/c1-18-15-30-19(2)23(18)10-13-34-16-25(31-33-34)24-6-7-26(36)35(32-24)22-8-11-27(17-29,12-9-22)20-4-3-5-21(28)14-20/h3-7,14,16,22H,8-13,15,17,29H2,1-2H3. The number of hydrogen-bond donors (Lipinski definition) is 1. The first kappa shape index (κ1) is 24.6. The molecule has 1 aromatic carbocycles. The van der Waals surface area contributed by atoms with Gasteiger partial charge in [0.2, 0.25) is 0 Å². The van der Waals surface area contributed by atoms with E-state index in [1.54, 1.807) is 16.8 Å². The minimum atomic E-state index is -0.124. The van der Waals surface area contributed by atoms with Crippen LogP contribution in [0.2, 0.25) is 5.02 Å². The van der Waals surface area contributed by atoms with Crippen molar-refractivity contribution in [2.24, 2.45) is 10.7 Å². The van der Waals surface area contributed by atoms with Gasteiger partial charge in [-0.15, -0.1) is 5.10 Å². The van der Waals surface area contributed by atoms with Gasteiger partial charge in [-0.05, 0) is 80.9 Å². The van der Waals surface area contributed by atoms with Crippen molar-refractivity contribution in [1.29, 1.82) is 0 Å². The van der Waals surface area contributed by atoms with E-state index in [0.29, 0.717) is 17.9 Å². The summed E-state index contributed by atoms with van der Waals surface area (Å²) in [5, 5.41) is 14.1. The van der Waals surface area contributed by atoms with Crippen LogP contribution in [0.1, 0.15) is 57.6 Å². The van der Waals surface area contributed by atoms with Crippen molar-refractivity contribution in [2.45, 2.75) is 64.0 Å². The Labute approximate surface area is 215 Å². The molecule has 3 aromatic rings. The summed E-state index contributed by atoms with van der Waals surface area (Å²) < 4.78 is 3.46. The first-order valence-electron chi connectivity index (χ1n) is 12.5. The summed E-state index contributed by atoms with van der Waals surface area (Å²) in [4.78, 5) is 17.3. The van der Waals surface area contributed by atoms with Gasteiger partial charge in [-0.1, -0.05) is 28.9 Å². The number of aliphatic imine (C=N–C) groups is 1. The molecule has 0 saturated heterocycles. The molecule has 1 aliphatic heterocycles. The first-order chi connectivity index (χ1) is 17.4. The number of rotatable bonds is 7. The molecule has 2 aliphatic rings. The summed E-state index contributed by atoms with van der Waals surface area (Å²) in [6.07, 6.45) is 6.16. The normalized spacial score (nSPS) is 22.2. The molecular formula is C27H32ClN7O. The molecule has 0 bridgehead atoms. The predicted molar refractivity (Wildman–Crippen MR) is 142 cm³/mol. The fourth-order valence-corrected chi connectivity index (χ4v) is 5.73. The van der Waals surface area contributed by atoms with E-state index in [9.17, 15) is 4.79 Å². The lowest BCUT2D eigenvalue weighted by atomic mass is 9.68. The lowest BCUT2D eigenvalue weighted by molar-refractivity contribution is 0.222. The van der Waals surface area contributed by atoms with Crippen LogP contribution in [0.5, 0.6) is 0 Å². The summed E-state index contributed by atoms with van der Waals surface area (Å²) in [7, 11) is 0. The highest BCUT2D eigenvalue weighted by atomic mass is 35.5. The largest absolute Gasteiger partial charge is 0.330 e. The molecule has 1 fully saturated rings. The van der Waals surface area contributed by atoms with Crippen LogP contribution >= 0.6 is 11.6 Å². The van der Waals surface area contributed by atoms with E-state index in [2.05, 4.69) is 35.2 Å². The molecular weight excluding hydrogens is 474 g/mol. The molecule has 9 heteroatoms. The Balaban J connectivity index is 1.30. The second-order valence-electron chi connectivity index (χ2n) is 10.0.